The Morgan fingerprint density at radius 1 is 1.19 bits per heavy atom. The molecule has 0 aliphatic heterocycles. The van der Waals surface area contributed by atoms with Gasteiger partial charge in [-0.05, 0) is 45.0 Å². The van der Waals surface area contributed by atoms with E-state index in [1.807, 2.05) is 51.1 Å². The third-order valence-electron chi connectivity index (χ3n) is 3.35. The Morgan fingerprint density at radius 3 is 2.52 bits per heavy atom. The number of rotatable bonds is 5. The molecule has 0 unspecified atom stereocenters. The monoisotopic (exact) mass is 287 g/mol. The average Bonchev–Trinajstić information content (AvgIpc) is 2.47. The van der Waals surface area contributed by atoms with Gasteiger partial charge in [0.1, 0.15) is 5.75 Å². The van der Waals surface area contributed by atoms with Crippen molar-refractivity contribution >= 4 is 0 Å². The second-order valence-corrected chi connectivity index (χ2v) is 5.10. The molecule has 4 nitrogen and oxygen atoms in total. The fourth-order valence-corrected chi connectivity index (χ4v) is 2.41. The first-order valence-corrected chi connectivity index (χ1v) is 7.17. The molecule has 1 N–H and O–H groups in total. The number of ether oxygens (including phenoxy) is 1. The standard InChI is InChI=1S/C17H21NO3/c1-4-21-16-8-6-5-7-14(16)15-10-9-13(11-19)17(20)18(15)12(2)3/h5-10,12,19H,4,11H2,1-3H3. The van der Waals surface area contributed by atoms with Crippen molar-refractivity contribution in [2.75, 3.05) is 6.61 Å². The molecule has 0 spiro atoms. The van der Waals surface area contributed by atoms with Gasteiger partial charge in [0.15, 0.2) is 0 Å². The second kappa shape index (κ2) is 6.59. The summed E-state index contributed by atoms with van der Waals surface area (Å²) in [5, 5.41) is 9.29. The maximum atomic E-state index is 12.5. The third kappa shape index (κ3) is 3.00. The topological polar surface area (TPSA) is 51.5 Å². The van der Waals surface area contributed by atoms with Crippen molar-refractivity contribution in [3.63, 3.8) is 0 Å². The van der Waals surface area contributed by atoms with E-state index < -0.39 is 0 Å². The van der Waals surface area contributed by atoms with Gasteiger partial charge in [-0.2, -0.15) is 0 Å². The summed E-state index contributed by atoms with van der Waals surface area (Å²) in [6, 6.07) is 11.2. The number of para-hydroxylation sites is 1. The Bertz CT molecular complexity index is 674. The van der Waals surface area contributed by atoms with Gasteiger partial charge in [0.05, 0.1) is 18.9 Å². The smallest absolute Gasteiger partial charge is 0.256 e. The van der Waals surface area contributed by atoms with E-state index in [4.69, 9.17) is 4.74 Å². The van der Waals surface area contributed by atoms with E-state index in [0.717, 1.165) is 17.0 Å². The molecule has 1 aromatic carbocycles. The van der Waals surface area contributed by atoms with E-state index in [-0.39, 0.29) is 18.2 Å². The highest BCUT2D eigenvalue weighted by Gasteiger charge is 2.15. The van der Waals surface area contributed by atoms with E-state index >= 15 is 0 Å². The fraction of sp³-hybridized carbons (Fsp3) is 0.353. The van der Waals surface area contributed by atoms with E-state index in [1.54, 1.807) is 10.6 Å². The van der Waals surface area contributed by atoms with Crippen LogP contribution < -0.4 is 10.3 Å². The second-order valence-electron chi connectivity index (χ2n) is 5.10. The van der Waals surface area contributed by atoms with Crippen LogP contribution in [0.1, 0.15) is 32.4 Å². The summed E-state index contributed by atoms with van der Waals surface area (Å²) >= 11 is 0. The van der Waals surface area contributed by atoms with Gasteiger partial charge >= 0.3 is 0 Å². The zero-order valence-electron chi connectivity index (χ0n) is 12.7. The summed E-state index contributed by atoms with van der Waals surface area (Å²) in [4.78, 5) is 12.5. The normalized spacial score (nSPS) is 10.9. The van der Waals surface area contributed by atoms with Gasteiger partial charge < -0.3 is 14.4 Å². The Hall–Kier alpha value is -2.07. The lowest BCUT2D eigenvalue weighted by molar-refractivity contribution is 0.279. The molecule has 0 radical (unpaired) electrons. The van der Waals surface area contributed by atoms with Crippen LogP contribution in [0.3, 0.4) is 0 Å². The molecule has 1 aromatic heterocycles. The van der Waals surface area contributed by atoms with Crippen molar-refractivity contribution in [1.82, 2.24) is 4.57 Å². The van der Waals surface area contributed by atoms with Crippen molar-refractivity contribution in [2.24, 2.45) is 0 Å². The molecular weight excluding hydrogens is 266 g/mol. The average molecular weight is 287 g/mol. The highest BCUT2D eigenvalue weighted by atomic mass is 16.5. The highest BCUT2D eigenvalue weighted by molar-refractivity contribution is 5.67. The molecule has 0 aliphatic carbocycles. The minimum Gasteiger partial charge on any atom is -0.493 e. The van der Waals surface area contributed by atoms with E-state index in [9.17, 15) is 9.90 Å². The molecule has 2 aromatic rings. The predicted octanol–water partition coefficient (Wildman–Crippen LogP) is 2.99. The van der Waals surface area contributed by atoms with Crippen LogP contribution in [0.5, 0.6) is 5.75 Å². The number of aliphatic hydroxyl groups excluding tert-OH is 1. The molecule has 2 rings (SSSR count). The molecule has 0 saturated carbocycles. The van der Waals surface area contributed by atoms with Crippen LogP contribution in [0.2, 0.25) is 0 Å². The summed E-state index contributed by atoms with van der Waals surface area (Å²) in [5.41, 5.74) is 1.93. The SMILES string of the molecule is CCOc1ccccc1-c1ccc(CO)c(=O)n1C(C)C. The van der Waals surface area contributed by atoms with Crippen molar-refractivity contribution < 1.29 is 9.84 Å². The minimum absolute atomic E-state index is 0.00585. The molecule has 1 heterocycles. The van der Waals surface area contributed by atoms with Crippen molar-refractivity contribution in [1.29, 1.82) is 0 Å². The maximum absolute atomic E-state index is 12.5. The quantitative estimate of drug-likeness (QED) is 0.919. The number of pyridine rings is 1. The molecule has 112 valence electrons. The van der Waals surface area contributed by atoms with E-state index in [0.29, 0.717) is 12.2 Å². The largest absolute Gasteiger partial charge is 0.493 e. The summed E-state index contributed by atoms with van der Waals surface area (Å²) in [6.45, 7) is 6.16. The van der Waals surface area contributed by atoms with Gasteiger partial charge in [0.25, 0.3) is 5.56 Å². The first-order chi connectivity index (χ1) is 10.1. The molecule has 4 heteroatoms. The van der Waals surface area contributed by atoms with Gasteiger partial charge in [-0.3, -0.25) is 4.79 Å². The lowest BCUT2D eigenvalue weighted by Crippen LogP contribution is -2.26. The van der Waals surface area contributed by atoms with Crippen LogP contribution in [0.4, 0.5) is 0 Å². The summed E-state index contributed by atoms with van der Waals surface area (Å²) in [7, 11) is 0. The molecule has 21 heavy (non-hydrogen) atoms. The highest BCUT2D eigenvalue weighted by Crippen LogP contribution is 2.30. The maximum Gasteiger partial charge on any atom is 0.256 e. The minimum atomic E-state index is -0.251. The van der Waals surface area contributed by atoms with Gasteiger partial charge in [0, 0.05) is 17.2 Å². The number of aliphatic hydroxyl groups is 1. The third-order valence-corrected chi connectivity index (χ3v) is 3.35. The lowest BCUT2D eigenvalue weighted by Gasteiger charge is -2.19. The van der Waals surface area contributed by atoms with E-state index in [1.165, 1.54) is 0 Å². The molecule has 0 amide bonds. The summed E-state index contributed by atoms with van der Waals surface area (Å²) in [5.74, 6) is 0.755. The van der Waals surface area contributed by atoms with Crippen molar-refractivity contribution in [2.45, 2.75) is 33.4 Å². The molecule has 0 fully saturated rings. The zero-order chi connectivity index (χ0) is 15.4. The Kier molecular flexibility index (Phi) is 4.81. The lowest BCUT2D eigenvalue weighted by atomic mass is 10.1. The van der Waals surface area contributed by atoms with Crippen LogP contribution in [0.15, 0.2) is 41.2 Å². The van der Waals surface area contributed by atoms with Gasteiger partial charge in [0.2, 0.25) is 0 Å². The van der Waals surface area contributed by atoms with Crippen LogP contribution in [0.25, 0.3) is 11.3 Å². The number of benzene rings is 1. The fourth-order valence-electron chi connectivity index (χ4n) is 2.41. The van der Waals surface area contributed by atoms with Crippen LogP contribution in [0, 0.1) is 0 Å². The molecule has 0 saturated heterocycles. The van der Waals surface area contributed by atoms with Crippen LogP contribution in [-0.2, 0) is 6.61 Å². The molecule has 0 bridgehead atoms. The molecular formula is C17H21NO3. The Balaban J connectivity index is 2.70. The van der Waals surface area contributed by atoms with Crippen LogP contribution >= 0.6 is 0 Å². The first kappa shape index (κ1) is 15.3. The molecule has 0 atom stereocenters. The number of hydrogen-bond acceptors (Lipinski definition) is 3. The summed E-state index contributed by atoms with van der Waals surface area (Å²) in [6.07, 6.45) is 0. The number of aromatic nitrogens is 1. The Morgan fingerprint density at radius 2 is 1.90 bits per heavy atom. The van der Waals surface area contributed by atoms with Crippen molar-refractivity contribution in [3.8, 4) is 17.0 Å². The summed E-state index contributed by atoms with van der Waals surface area (Å²) < 4.78 is 7.36. The zero-order valence-corrected chi connectivity index (χ0v) is 12.7. The van der Waals surface area contributed by atoms with Gasteiger partial charge in [-0.15, -0.1) is 0 Å². The van der Waals surface area contributed by atoms with Crippen molar-refractivity contribution in [3.05, 3.63) is 52.3 Å². The van der Waals surface area contributed by atoms with Crippen LogP contribution in [-0.4, -0.2) is 16.3 Å². The number of hydrogen-bond donors (Lipinski definition) is 1. The predicted molar refractivity (Wildman–Crippen MR) is 83.6 cm³/mol. The van der Waals surface area contributed by atoms with E-state index in [2.05, 4.69) is 0 Å². The molecule has 0 aliphatic rings. The Labute approximate surface area is 124 Å². The van der Waals surface area contributed by atoms with Gasteiger partial charge in [-0.1, -0.05) is 12.1 Å². The number of nitrogens with zero attached hydrogens (tertiary/aromatic N) is 1. The van der Waals surface area contributed by atoms with Gasteiger partial charge in [-0.25, -0.2) is 0 Å². The first-order valence-electron chi connectivity index (χ1n) is 7.17.